The third-order valence-corrected chi connectivity index (χ3v) is 2.66. The predicted octanol–water partition coefficient (Wildman–Crippen LogP) is 2.48. The first-order chi connectivity index (χ1) is 8.93. The number of imidazole rings is 2. The molecule has 4 rings (SSSR count). The summed E-state index contributed by atoms with van der Waals surface area (Å²) in [5.74, 6) is 0. The molecule has 0 bridgehead atoms. The summed E-state index contributed by atoms with van der Waals surface area (Å²) >= 11 is 0. The quantitative estimate of drug-likeness (QED) is 0.477. The molecule has 2 N–H and O–H groups in total. The fraction of sp³-hybridized carbons (Fsp3) is 0. The molecule has 0 aliphatic heterocycles. The number of aromatic nitrogens is 4. The Bertz CT molecular complexity index is 633. The van der Waals surface area contributed by atoms with Gasteiger partial charge in [-0.05, 0) is 24.3 Å². The van der Waals surface area contributed by atoms with Crippen molar-refractivity contribution in [2.24, 2.45) is 0 Å². The largest absolute Gasteiger partial charge is 0.345 e. The van der Waals surface area contributed by atoms with Gasteiger partial charge >= 0.3 is 29.6 Å². The van der Waals surface area contributed by atoms with E-state index in [1.807, 2.05) is 48.5 Å². The molecule has 0 saturated carbocycles. The predicted molar refractivity (Wildman–Crippen MR) is 79.3 cm³/mol. The molecular formula is C14H13N4Na. The molecule has 0 radical (unpaired) electrons. The average Bonchev–Trinajstić information content (AvgIpc) is 3.08. The summed E-state index contributed by atoms with van der Waals surface area (Å²) in [6.07, 6.45) is 3.40. The number of para-hydroxylation sites is 4. The second kappa shape index (κ2) is 6.52. The molecule has 0 unspecified atom stereocenters. The Hall–Kier alpha value is -1.62. The zero-order valence-electron chi connectivity index (χ0n) is 9.67. The van der Waals surface area contributed by atoms with Crippen LogP contribution in [0.3, 0.4) is 0 Å². The van der Waals surface area contributed by atoms with Crippen LogP contribution >= 0.6 is 0 Å². The summed E-state index contributed by atoms with van der Waals surface area (Å²) < 4.78 is 0. The minimum absolute atomic E-state index is 0. The van der Waals surface area contributed by atoms with Crippen molar-refractivity contribution < 1.29 is 0 Å². The summed E-state index contributed by atoms with van der Waals surface area (Å²) in [4.78, 5) is 14.1. The number of hydrogen-bond acceptors (Lipinski definition) is 2. The van der Waals surface area contributed by atoms with Crippen molar-refractivity contribution in [3.8, 4) is 0 Å². The zero-order chi connectivity index (χ0) is 12.2. The number of aromatic amines is 2. The van der Waals surface area contributed by atoms with Gasteiger partial charge in [0.2, 0.25) is 0 Å². The van der Waals surface area contributed by atoms with Crippen LogP contribution in [0.15, 0.2) is 61.2 Å². The van der Waals surface area contributed by atoms with Crippen LogP contribution in [0, 0.1) is 0 Å². The Balaban J connectivity index is 0.000000133. The van der Waals surface area contributed by atoms with Crippen LogP contribution in [0.5, 0.6) is 0 Å². The molecule has 0 aliphatic rings. The monoisotopic (exact) mass is 260 g/mol. The van der Waals surface area contributed by atoms with E-state index in [4.69, 9.17) is 0 Å². The number of nitrogens with zero attached hydrogens (tertiary/aromatic N) is 2. The molecule has 2 aromatic carbocycles. The minimum atomic E-state index is 0. The molecule has 5 heteroatoms. The topological polar surface area (TPSA) is 57.4 Å². The third kappa shape index (κ3) is 3.23. The van der Waals surface area contributed by atoms with Crippen LogP contribution in [0.2, 0.25) is 0 Å². The van der Waals surface area contributed by atoms with Gasteiger partial charge in [-0.2, -0.15) is 0 Å². The van der Waals surface area contributed by atoms with E-state index < -0.39 is 0 Å². The van der Waals surface area contributed by atoms with E-state index in [2.05, 4.69) is 19.9 Å². The molecule has 2 aromatic heterocycles. The zero-order valence-corrected chi connectivity index (χ0v) is 9.67. The first-order valence-corrected chi connectivity index (χ1v) is 5.70. The van der Waals surface area contributed by atoms with Gasteiger partial charge in [0.15, 0.2) is 0 Å². The van der Waals surface area contributed by atoms with Crippen molar-refractivity contribution in [2.75, 3.05) is 0 Å². The van der Waals surface area contributed by atoms with E-state index in [-0.39, 0.29) is 29.6 Å². The van der Waals surface area contributed by atoms with Gasteiger partial charge < -0.3 is 9.97 Å². The molecule has 0 atom stereocenters. The van der Waals surface area contributed by atoms with Crippen LogP contribution in [0.25, 0.3) is 22.1 Å². The Morgan fingerprint density at radius 2 is 1.05 bits per heavy atom. The average molecular weight is 260 g/mol. The van der Waals surface area contributed by atoms with Crippen molar-refractivity contribution in [2.45, 2.75) is 0 Å². The van der Waals surface area contributed by atoms with Gasteiger partial charge in [-0.25, -0.2) is 9.97 Å². The van der Waals surface area contributed by atoms with Crippen LogP contribution in [0.4, 0.5) is 0 Å². The maximum Gasteiger partial charge on any atom is 0.0931 e. The van der Waals surface area contributed by atoms with Crippen molar-refractivity contribution in [3.05, 3.63) is 61.2 Å². The van der Waals surface area contributed by atoms with Gasteiger partial charge in [-0.15, -0.1) is 0 Å². The van der Waals surface area contributed by atoms with Crippen LogP contribution in [0.1, 0.15) is 0 Å². The molecule has 19 heavy (non-hydrogen) atoms. The maximum atomic E-state index is 4.06. The number of benzene rings is 2. The molecule has 0 amide bonds. The van der Waals surface area contributed by atoms with Crippen molar-refractivity contribution in [1.29, 1.82) is 0 Å². The smallest absolute Gasteiger partial charge is 0.0931 e. The van der Waals surface area contributed by atoms with Gasteiger partial charge in [-0.1, -0.05) is 24.3 Å². The van der Waals surface area contributed by atoms with Crippen LogP contribution in [-0.4, -0.2) is 49.5 Å². The number of rotatable bonds is 0. The molecule has 0 aliphatic carbocycles. The van der Waals surface area contributed by atoms with Crippen molar-refractivity contribution >= 4 is 51.6 Å². The van der Waals surface area contributed by atoms with E-state index >= 15 is 0 Å². The van der Waals surface area contributed by atoms with E-state index in [1.54, 1.807) is 12.7 Å². The summed E-state index contributed by atoms with van der Waals surface area (Å²) in [5, 5.41) is 0. The second-order valence-corrected chi connectivity index (χ2v) is 3.84. The second-order valence-electron chi connectivity index (χ2n) is 3.84. The molecule has 0 fully saturated rings. The number of hydrogen-bond donors (Lipinski definition) is 2. The fourth-order valence-electron chi connectivity index (χ4n) is 1.76. The van der Waals surface area contributed by atoms with Gasteiger partial charge in [0.25, 0.3) is 0 Å². The van der Waals surface area contributed by atoms with Crippen molar-refractivity contribution in [1.82, 2.24) is 19.9 Å². The summed E-state index contributed by atoms with van der Waals surface area (Å²) in [5.41, 5.74) is 4.24. The van der Waals surface area contributed by atoms with Gasteiger partial charge in [0, 0.05) is 0 Å². The summed E-state index contributed by atoms with van der Waals surface area (Å²) in [6, 6.07) is 15.9. The molecule has 4 aromatic rings. The van der Waals surface area contributed by atoms with Gasteiger partial charge in [0.05, 0.1) is 34.7 Å². The Labute approximate surface area is 132 Å². The first kappa shape index (κ1) is 13.8. The number of H-pyrrole nitrogens is 2. The van der Waals surface area contributed by atoms with E-state index in [9.17, 15) is 0 Å². The summed E-state index contributed by atoms with van der Waals surface area (Å²) in [7, 11) is 0. The van der Waals surface area contributed by atoms with Gasteiger partial charge in [-0.3, -0.25) is 0 Å². The van der Waals surface area contributed by atoms with Crippen LogP contribution in [-0.2, 0) is 0 Å². The molecule has 90 valence electrons. The van der Waals surface area contributed by atoms with E-state index in [0.29, 0.717) is 0 Å². The SMILES string of the molecule is [NaH].c1ccc2[nH]cnc2c1.c1ccc2[nH]cnc2c1. The Morgan fingerprint density at radius 3 is 1.47 bits per heavy atom. The molecule has 0 saturated heterocycles. The van der Waals surface area contributed by atoms with Gasteiger partial charge in [0.1, 0.15) is 0 Å². The standard InChI is InChI=1S/2C7H6N2.Na.H/c2*1-2-4-7-6(3-1)8-5-9-7;;/h2*1-5H,(H,8,9);;. The van der Waals surface area contributed by atoms with Crippen LogP contribution < -0.4 is 0 Å². The molecule has 0 spiro atoms. The number of fused-ring (bicyclic) bond motifs is 2. The minimum Gasteiger partial charge on any atom is -0.345 e. The number of nitrogens with one attached hydrogen (secondary N) is 2. The third-order valence-electron chi connectivity index (χ3n) is 2.66. The fourth-order valence-corrected chi connectivity index (χ4v) is 1.76. The van der Waals surface area contributed by atoms with E-state index in [1.165, 1.54) is 0 Å². The van der Waals surface area contributed by atoms with Crippen molar-refractivity contribution in [3.63, 3.8) is 0 Å². The Morgan fingerprint density at radius 1 is 0.632 bits per heavy atom. The first-order valence-electron chi connectivity index (χ1n) is 5.70. The maximum absolute atomic E-state index is 4.06. The van der Waals surface area contributed by atoms with E-state index in [0.717, 1.165) is 22.1 Å². The normalized spacial score (nSPS) is 9.68. The molecule has 4 nitrogen and oxygen atoms in total. The Kier molecular flexibility index (Phi) is 4.74. The molecule has 2 heterocycles. The molecular weight excluding hydrogens is 247 g/mol. The summed E-state index contributed by atoms with van der Waals surface area (Å²) in [6.45, 7) is 0.